The molecular formula is C17H21N3O2. The van der Waals surface area contributed by atoms with E-state index in [-0.39, 0.29) is 12.0 Å². The predicted molar refractivity (Wildman–Crippen MR) is 84.7 cm³/mol. The van der Waals surface area contributed by atoms with Crippen LogP contribution in [0.3, 0.4) is 0 Å². The van der Waals surface area contributed by atoms with Crippen LogP contribution in [-0.4, -0.2) is 35.4 Å². The van der Waals surface area contributed by atoms with Gasteiger partial charge in [0.15, 0.2) is 0 Å². The molecular weight excluding hydrogens is 278 g/mol. The molecule has 1 aromatic carbocycles. The Balaban J connectivity index is 1.67. The van der Waals surface area contributed by atoms with Crippen molar-refractivity contribution in [3.05, 3.63) is 41.6 Å². The summed E-state index contributed by atoms with van der Waals surface area (Å²) in [5, 5.41) is 10.1. The lowest BCUT2D eigenvalue weighted by Crippen LogP contribution is -2.35. The fourth-order valence-corrected chi connectivity index (χ4v) is 2.76. The lowest BCUT2D eigenvalue weighted by atomic mass is 10.1. The van der Waals surface area contributed by atoms with Crippen LogP contribution in [0.15, 0.2) is 30.3 Å². The summed E-state index contributed by atoms with van der Waals surface area (Å²) in [6, 6.07) is 9.86. The van der Waals surface area contributed by atoms with Gasteiger partial charge in [0.2, 0.25) is 0 Å². The van der Waals surface area contributed by atoms with Gasteiger partial charge in [-0.1, -0.05) is 30.3 Å². The molecule has 1 aliphatic heterocycles. The van der Waals surface area contributed by atoms with Crippen LogP contribution in [0.2, 0.25) is 0 Å². The molecule has 22 heavy (non-hydrogen) atoms. The molecule has 1 fully saturated rings. The minimum Gasteiger partial charge on any atom is -0.376 e. The molecule has 0 bridgehead atoms. The van der Waals surface area contributed by atoms with Crippen LogP contribution in [0.4, 0.5) is 0 Å². The molecule has 116 valence electrons. The van der Waals surface area contributed by atoms with Crippen LogP contribution in [-0.2, 0) is 4.74 Å². The average Bonchev–Trinajstić information content (AvgIpc) is 2.96. The molecule has 2 N–H and O–H groups in total. The van der Waals surface area contributed by atoms with Gasteiger partial charge in [0.05, 0.1) is 11.8 Å². The van der Waals surface area contributed by atoms with E-state index >= 15 is 0 Å². The maximum Gasteiger partial charge on any atom is 0.269 e. The molecule has 5 heteroatoms. The third-order valence-corrected chi connectivity index (χ3v) is 4.05. The van der Waals surface area contributed by atoms with Crippen molar-refractivity contribution < 1.29 is 9.53 Å². The molecule has 0 saturated carbocycles. The first-order chi connectivity index (χ1) is 10.8. The van der Waals surface area contributed by atoms with Crippen molar-refractivity contribution in [3.63, 3.8) is 0 Å². The Labute approximate surface area is 130 Å². The highest BCUT2D eigenvalue weighted by Gasteiger charge is 2.19. The number of nitrogens with zero attached hydrogens (tertiary/aromatic N) is 1. The van der Waals surface area contributed by atoms with Gasteiger partial charge in [-0.15, -0.1) is 0 Å². The molecule has 1 unspecified atom stereocenters. The molecule has 2 heterocycles. The molecule has 2 aromatic rings. The van der Waals surface area contributed by atoms with Crippen molar-refractivity contribution in [1.82, 2.24) is 15.5 Å². The van der Waals surface area contributed by atoms with Crippen LogP contribution in [0.25, 0.3) is 11.3 Å². The second-order valence-corrected chi connectivity index (χ2v) is 5.64. The molecule has 0 radical (unpaired) electrons. The van der Waals surface area contributed by atoms with Crippen molar-refractivity contribution in [2.45, 2.75) is 32.3 Å². The fourth-order valence-electron chi connectivity index (χ4n) is 2.76. The smallest absolute Gasteiger partial charge is 0.269 e. The summed E-state index contributed by atoms with van der Waals surface area (Å²) in [7, 11) is 0. The summed E-state index contributed by atoms with van der Waals surface area (Å²) in [5.74, 6) is -0.124. The van der Waals surface area contributed by atoms with Crippen LogP contribution >= 0.6 is 0 Å². The Kier molecular flexibility index (Phi) is 4.53. The van der Waals surface area contributed by atoms with Gasteiger partial charge in [-0.3, -0.25) is 9.89 Å². The van der Waals surface area contributed by atoms with Crippen molar-refractivity contribution in [2.75, 3.05) is 13.2 Å². The number of nitrogens with one attached hydrogen (secondary N) is 2. The lowest BCUT2D eigenvalue weighted by Gasteiger charge is -2.22. The Morgan fingerprint density at radius 3 is 2.91 bits per heavy atom. The van der Waals surface area contributed by atoms with Gasteiger partial charge in [0.25, 0.3) is 5.91 Å². The number of amides is 1. The van der Waals surface area contributed by atoms with E-state index in [0.29, 0.717) is 12.2 Å². The molecule has 0 aliphatic carbocycles. The van der Waals surface area contributed by atoms with E-state index in [0.717, 1.165) is 36.3 Å². The Bertz CT molecular complexity index is 631. The maximum atomic E-state index is 12.3. The zero-order valence-corrected chi connectivity index (χ0v) is 12.8. The SMILES string of the molecule is Cc1c(-c2ccccc2)n[nH]c1C(=O)NCC1CCCCO1. The average molecular weight is 299 g/mol. The first-order valence-corrected chi connectivity index (χ1v) is 7.76. The third-order valence-electron chi connectivity index (χ3n) is 4.05. The molecule has 1 saturated heterocycles. The van der Waals surface area contributed by atoms with Crippen molar-refractivity contribution >= 4 is 5.91 Å². The number of benzene rings is 1. The Morgan fingerprint density at radius 1 is 1.36 bits per heavy atom. The number of hydrogen-bond acceptors (Lipinski definition) is 3. The number of ether oxygens (including phenoxy) is 1. The quantitative estimate of drug-likeness (QED) is 0.912. The highest BCUT2D eigenvalue weighted by Crippen LogP contribution is 2.22. The highest BCUT2D eigenvalue weighted by molar-refractivity contribution is 5.95. The van der Waals surface area contributed by atoms with Gasteiger partial charge in [0.1, 0.15) is 5.69 Å². The maximum absolute atomic E-state index is 12.3. The predicted octanol–water partition coefficient (Wildman–Crippen LogP) is 2.68. The molecule has 5 nitrogen and oxygen atoms in total. The van der Waals surface area contributed by atoms with Gasteiger partial charge in [-0.05, 0) is 26.2 Å². The summed E-state index contributed by atoms with van der Waals surface area (Å²) in [6.45, 7) is 3.26. The van der Waals surface area contributed by atoms with Crippen LogP contribution in [0.1, 0.15) is 35.3 Å². The summed E-state index contributed by atoms with van der Waals surface area (Å²) in [4.78, 5) is 12.3. The minimum absolute atomic E-state index is 0.124. The van der Waals surface area contributed by atoms with Gasteiger partial charge >= 0.3 is 0 Å². The Morgan fingerprint density at radius 2 is 2.18 bits per heavy atom. The first kappa shape index (κ1) is 14.8. The second-order valence-electron chi connectivity index (χ2n) is 5.64. The van der Waals surface area contributed by atoms with Gasteiger partial charge in [-0.25, -0.2) is 0 Å². The van der Waals surface area contributed by atoms with E-state index in [1.54, 1.807) is 0 Å². The fraction of sp³-hybridized carbons (Fsp3) is 0.412. The van der Waals surface area contributed by atoms with Crippen LogP contribution in [0, 0.1) is 6.92 Å². The summed E-state index contributed by atoms with van der Waals surface area (Å²) in [6.07, 6.45) is 3.43. The zero-order chi connectivity index (χ0) is 15.4. The van der Waals surface area contributed by atoms with Crippen molar-refractivity contribution in [3.8, 4) is 11.3 Å². The number of aromatic nitrogens is 2. The number of H-pyrrole nitrogens is 1. The molecule has 0 spiro atoms. The highest BCUT2D eigenvalue weighted by atomic mass is 16.5. The number of aromatic amines is 1. The molecule has 1 amide bonds. The van der Waals surface area contributed by atoms with Crippen molar-refractivity contribution in [2.24, 2.45) is 0 Å². The number of carbonyl (C=O) groups excluding carboxylic acids is 1. The first-order valence-electron chi connectivity index (χ1n) is 7.76. The van der Waals surface area contributed by atoms with Crippen molar-refractivity contribution in [1.29, 1.82) is 0 Å². The summed E-state index contributed by atoms with van der Waals surface area (Å²) in [5.41, 5.74) is 3.22. The number of rotatable bonds is 4. The summed E-state index contributed by atoms with van der Waals surface area (Å²) < 4.78 is 5.63. The summed E-state index contributed by atoms with van der Waals surface area (Å²) >= 11 is 0. The second kappa shape index (κ2) is 6.75. The van der Waals surface area contributed by atoms with E-state index < -0.39 is 0 Å². The van der Waals surface area contributed by atoms with Crippen LogP contribution in [0.5, 0.6) is 0 Å². The topological polar surface area (TPSA) is 67.0 Å². The minimum atomic E-state index is -0.124. The third kappa shape index (κ3) is 3.20. The molecule has 1 atom stereocenters. The molecule has 1 aromatic heterocycles. The largest absolute Gasteiger partial charge is 0.376 e. The van der Waals surface area contributed by atoms with E-state index in [1.807, 2.05) is 37.3 Å². The van der Waals surface area contributed by atoms with E-state index in [9.17, 15) is 4.79 Å². The normalized spacial score (nSPS) is 18.1. The van der Waals surface area contributed by atoms with E-state index in [1.165, 1.54) is 6.42 Å². The van der Waals surface area contributed by atoms with Gasteiger partial charge < -0.3 is 10.1 Å². The number of carbonyl (C=O) groups is 1. The zero-order valence-electron chi connectivity index (χ0n) is 12.8. The lowest BCUT2D eigenvalue weighted by molar-refractivity contribution is 0.0168. The van der Waals surface area contributed by atoms with E-state index in [2.05, 4.69) is 15.5 Å². The number of hydrogen-bond donors (Lipinski definition) is 2. The monoisotopic (exact) mass is 299 g/mol. The van der Waals surface area contributed by atoms with Gasteiger partial charge in [-0.2, -0.15) is 5.10 Å². The molecule has 1 aliphatic rings. The van der Waals surface area contributed by atoms with Crippen LogP contribution < -0.4 is 5.32 Å². The Hall–Kier alpha value is -2.14. The standard InChI is InChI=1S/C17H21N3O2/c1-12-15(13-7-3-2-4-8-13)19-20-16(12)17(21)18-11-14-9-5-6-10-22-14/h2-4,7-8,14H,5-6,9-11H2,1H3,(H,18,21)(H,19,20). The molecule has 3 rings (SSSR count). The van der Waals surface area contributed by atoms with E-state index in [4.69, 9.17) is 4.74 Å². The van der Waals surface area contributed by atoms with Gasteiger partial charge in [0, 0.05) is 24.3 Å².